The Morgan fingerprint density at radius 3 is 2.81 bits per heavy atom. The number of carbonyl (C=O) groups is 1. The zero-order chi connectivity index (χ0) is 21.5. The van der Waals surface area contributed by atoms with E-state index in [4.69, 9.17) is 14.2 Å². The van der Waals surface area contributed by atoms with Gasteiger partial charge in [-0.25, -0.2) is 0 Å². The van der Waals surface area contributed by atoms with Crippen molar-refractivity contribution < 1.29 is 18.6 Å². The van der Waals surface area contributed by atoms with E-state index in [0.717, 1.165) is 11.8 Å². The van der Waals surface area contributed by atoms with Crippen molar-refractivity contribution in [3.8, 4) is 11.3 Å². The molecule has 0 atom stereocenters. The first-order valence-electron chi connectivity index (χ1n) is 8.88. The number of thioether (sulfide) groups is 1. The molecule has 31 heavy (non-hydrogen) atoms. The second-order valence-electron chi connectivity index (χ2n) is 6.41. The summed E-state index contributed by atoms with van der Waals surface area (Å²) in [6.45, 7) is 0. The standard InChI is InChI=1S/C20H11N5O5S/c21-17-14(18(26)22-20-24(17)23-19(31-20)16-5-2-8-29-16)10-13-6-7-15(30-13)11-3-1-4-12(9-11)25(27)28/h1-10,21H. The molecule has 0 saturated heterocycles. The van der Waals surface area contributed by atoms with E-state index in [9.17, 15) is 14.9 Å². The number of benzene rings is 1. The molecule has 0 fully saturated rings. The smallest absolute Gasteiger partial charge is 0.283 e. The second-order valence-corrected chi connectivity index (χ2v) is 7.37. The molecule has 5 rings (SSSR count). The molecule has 2 aromatic heterocycles. The molecule has 0 bridgehead atoms. The molecule has 2 aliphatic heterocycles. The van der Waals surface area contributed by atoms with Crippen molar-refractivity contribution in [2.75, 3.05) is 0 Å². The number of hydrogen-bond acceptors (Lipinski definition) is 8. The number of nitro benzene ring substituents is 1. The molecule has 0 aliphatic carbocycles. The monoisotopic (exact) mass is 433 g/mol. The Morgan fingerprint density at radius 2 is 2.03 bits per heavy atom. The van der Waals surface area contributed by atoms with Crippen molar-refractivity contribution in [3.05, 3.63) is 82.0 Å². The van der Waals surface area contributed by atoms with Gasteiger partial charge in [0, 0.05) is 17.7 Å². The van der Waals surface area contributed by atoms with Crippen LogP contribution in [0.5, 0.6) is 0 Å². The van der Waals surface area contributed by atoms with Gasteiger partial charge < -0.3 is 8.83 Å². The van der Waals surface area contributed by atoms with E-state index in [1.54, 1.807) is 36.4 Å². The van der Waals surface area contributed by atoms with Crippen LogP contribution in [0.1, 0.15) is 11.5 Å². The van der Waals surface area contributed by atoms with Crippen molar-refractivity contribution >= 4 is 45.5 Å². The SMILES string of the molecule is N=C1C(=Cc2ccc(-c3cccc([N+](=O)[O-])c3)o2)C(=O)N=C2SC(c3ccco3)=NN12. The van der Waals surface area contributed by atoms with Gasteiger partial charge in [-0.3, -0.25) is 20.3 Å². The minimum atomic E-state index is -0.590. The number of nitro groups is 1. The number of aliphatic imine (C=N–C) groups is 1. The van der Waals surface area contributed by atoms with Gasteiger partial charge in [0.15, 0.2) is 16.6 Å². The first-order valence-corrected chi connectivity index (χ1v) is 9.70. The lowest BCUT2D eigenvalue weighted by Crippen LogP contribution is -2.35. The fourth-order valence-electron chi connectivity index (χ4n) is 2.99. The Hall–Kier alpha value is -4.25. The molecular weight excluding hydrogens is 422 g/mol. The number of carbonyl (C=O) groups excluding carboxylic acids is 1. The van der Waals surface area contributed by atoms with E-state index in [1.807, 2.05) is 0 Å². The van der Waals surface area contributed by atoms with Crippen molar-refractivity contribution in [2.24, 2.45) is 10.1 Å². The van der Waals surface area contributed by atoms with Gasteiger partial charge >= 0.3 is 0 Å². The van der Waals surface area contributed by atoms with Crippen molar-refractivity contribution in [3.63, 3.8) is 0 Å². The Morgan fingerprint density at radius 1 is 1.16 bits per heavy atom. The first kappa shape index (κ1) is 18.8. The Kier molecular flexibility index (Phi) is 4.37. The van der Waals surface area contributed by atoms with E-state index >= 15 is 0 Å². The van der Waals surface area contributed by atoms with Gasteiger partial charge in [0.25, 0.3) is 11.6 Å². The largest absolute Gasteiger partial charge is 0.462 e. The summed E-state index contributed by atoms with van der Waals surface area (Å²) in [4.78, 5) is 27.0. The average molecular weight is 433 g/mol. The van der Waals surface area contributed by atoms with E-state index in [0.29, 0.717) is 27.9 Å². The van der Waals surface area contributed by atoms with Crippen molar-refractivity contribution in [1.82, 2.24) is 5.01 Å². The quantitative estimate of drug-likeness (QED) is 0.371. The normalized spacial score (nSPS) is 17.0. The molecule has 2 aliphatic rings. The summed E-state index contributed by atoms with van der Waals surface area (Å²) in [6.07, 6.45) is 2.91. The third-order valence-electron chi connectivity index (χ3n) is 4.44. The topological polar surface area (TPSA) is 138 Å². The predicted octanol–water partition coefficient (Wildman–Crippen LogP) is 4.12. The maximum Gasteiger partial charge on any atom is 0.283 e. The van der Waals surface area contributed by atoms with Crippen LogP contribution in [0.4, 0.5) is 5.69 Å². The van der Waals surface area contributed by atoms with Gasteiger partial charge in [-0.1, -0.05) is 12.1 Å². The van der Waals surface area contributed by atoms with Gasteiger partial charge in [-0.2, -0.15) is 15.1 Å². The van der Waals surface area contributed by atoms with Gasteiger partial charge in [0.1, 0.15) is 11.5 Å². The fourth-order valence-corrected chi connectivity index (χ4v) is 3.85. The number of amidine groups is 2. The van der Waals surface area contributed by atoms with E-state index in [-0.39, 0.29) is 22.3 Å². The number of nitrogens with zero attached hydrogens (tertiary/aromatic N) is 4. The summed E-state index contributed by atoms with van der Waals surface area (Å²) in [5, 5.41) is 25.7. The van der Waals surface area contributed by atoms with Crippen molar-refractivity contribution in [1.29, 1.82) is 5.41 Å². The highest BCUT2D eigenvalue weighted by molar-refractivity contribution is 8.27. The summed E-state index contributed by atoms with van der Waals surface area (Å²) in [6, 6.07) is 12.7. The van der Waals surface area contributed by atoms with Gasteiger partial charge in [-0.15, -0.1) is 0 Å². The van der Waals surface area contributed by atoms with Gasteiger partial charge in [0.2, 0.25) is 5.17 Å². The highest BCUT2D eigenvalue weighted by Gasteiger charge is 2.36. The molecule has 0 saturated carbocycles. The number of hydrazone groups is 1. The van der Waals surface area contributed by atoms with Gasteiger partial charge in [-0.05, 0) is 42.1 Å². The zero-order valence-corrected chi connectivity index (χ0v) is 16.3. The minimum Gasteiger partial charge on any atom is -0.462 e. The third-order valence-corrected chi connectivity index (χ3v) is 5.36. The maximum atomic E-state index is 12.5. The summed E-state index contributed by atoms with van der Waals surface area (Å²) < 4.78 is 11.0. The van der Waals surface area contributed by atoms with Crippen LogP contribution in [0, 0.1) is 15.5 Å². The molecule has 1 aromatic carbocycles. The summed E-state index contributed by atoms with van der Waals surface area (Å²) >= 11 is 1.14. The van der Waals surface area contributed by atoms with Gasteiger partial charge in [0.05, 0.1) is 16.8 Å². The molecule has 11 heteroatoms. The predicted molar refractivity (Wildman–Crippen MR) is 114 cm³/mol. The highest BCUT2D eigenvalue weighted by Crippen LogP contribution is 2.32. The lowest BCUT2D eigenvalue weighted by atomic mass is 10.1. The number of fused-ring (bicyclic) bond motifs is 1. The molecule has 4 heterocycles. The molecule has 0 spiro atoms. The molecule has 1 N–H and O–H groups in total. The van der Waals surface area contributed by atoms with Crippen LogP contribution in [-0.2, 0) is 4.79 Å². The lowest BCUT2D eigenvalue weighted by Gasteiger charge is -2.19. The number of non-ortho nitro benzene ring substituents is 1. The molecule has 152 valence electrons. The Labute approximate surface area is 178 Å². The fraction of sp³-hybridized carbons (Fsp3) is 0. The van der Waals surface area contributed by atoms with Crippen LogP contribution in [0.15, 0.2) is 79.3 Å². The first-order chi connectivity index (χ1) is 15.0. The molecule has 10 nitrogen and oxygen atoms in total. The molecule has 1 amide bonds. The zero-order valence-electron chi connectivity index (χ0n) is 15.5. The molecular formula is C20H11N5O5S. The lowest BCUT2D eigenvalue weighted by molar-refractivity contribution is -0.384. The highest BCUT2D eigenvalue weighted by atomic mass is 32.2. The molecule has 0 unspecified atom stereocenters. The number of furan rings is 2. The van der Waals surface area contributed by atoms with Crippen LogP contribution in [0.3, 0.4) is 0 Å². The van der Waals surface area contributed by atoms with Crippen LogP contribution in [0.2, 0.25) is 0 Å². The Balaban J connectivity index is 1.44. The number of nitrogens with one attached hydrogen (secondary N) is 1. The second kappa shape index (κ2) is 7.22. The molecule has 3 aromatic rings. The van der Waals surface area contributed by atoms with Crippen LogP contribution in [-0.4, -0.2) is 31.9 Å². The maximum absolute atomic E-state index is 12.5. The van der Waals surface area contributed by atoms with E-state index in [1.165, 1.54) is 29.5 Å². The summed E-state index contributed by atoms with van der Waals surface area (Å²) in [5.41, 5.74) is 0.471. The Bertz CT molecular complexity index is 1340. The number of amides is 1. The average Bonchev–Trinajstić information content (AvgIpc) is 3.51. The van der Waals surface area contributed by atoms with Crippen molar-refractivity contribution in [2.45, 2.75) is 0 Å². The third kappa shape index (κ3) is 3.36. The number of rotatable bonds is 4. The van der Waals surface area contributed by atoms with E-state index < -0.39 is 10.8 Å². The van der Waals surface area contributed by atoms with Crippen LogP contribution < -0.4 is 0 Å². The van der Waals surface area contributed by atoms with Crippen LogP contribution >= 0.6 is 11.8 Å². The van der Waals surface area contributed by atoms with Crippen LogP contribution in [0.25, 0.3) is 17.4 Å². The van der Waals surface area contributed by atoms with E-state index in [2.05, 4.69) is 10.1 Å². The molecule has 0 radical (unpaired) electrons. The summed E-state index contributed by atoms with van der Waals surface area (Å²) in [5.74, 6) is 0.477. The summed E-state index contributed by atoms with van der Waals surface area (Å²) in [7, 11) is 0. The minimum absolute atomic E-state index is 0.00809. The number of hydrogen-bond donors (Lipinski definition) is 1.